The predicted molar refractivity (Wildman–Crippen MR) is 26.8 cm³/mol. The predicted octanol–water partition coefficient (Wildman–Crippen LogP) is -1.26. The summed E-state index contributed by atoms with van der Waals surface area (Å²) in [6.07, 6.45) is 0. The van der Waals surface area contributed by atoms with E-state index >= 15 is 0 Å². The van der Waals surface area contributed by atoms with Gasteiger partial charge in [-0.2, -0.15) is 0 Å². The Morgan fingerprint density at radius 3 is 2.25 bits per heavy atom. The average molecular weight is 117 g/mol. The zero-order valence-corrected chi connectivity index (χ0v) is 4.26. The number of hydrogen-bond donors (Lipinski definition) is 2. The summed E-state index contributed by atoms with van der Waals surface area (Å²) < 4.78 is 0. The minimum Gasteiger partial charge on any atom is -0.264 e. The van der Waals surface area contributed by atoms with Gasteiger partial charge < -0.3 is 0 Å². The Kier molecular flexibility index (Phi) is 1.40. The Morgan fingerprint density at radius 2 is 2.00 bits per heavy atom. The molecule has 0 aromatic rings. The van der Waals surface area contributed by atoms with Crippen LogP contribution in [0.4, 0.5) is 0 Å². The number of nitrogens with one attached hydrogen (secondary N) is 2. The van der Waals surface area contributed by atoms with Crippen LogP contribution in [0.2, 0.25) is 0 Å². The lowest BCUT2D eigenvalue weighted by atomic mass is 10.3. The van der Waals surface area contributed by atoms with Crippen LogP contribution in [-0.2, 0) is 0 Å². The molecular formula is C3H7N3O2. The molecule has 0 amide bonds. The van der Waals surface area contributed by atoms with Crippen LogP contribution < -0.4 is 10.9 Å². The van der Waals surface area contributed by atoms with Gasteiger partial charge >= 0.3 is 0 Å². The Bertz CT molecular complexity index is 98.7. The van der Waals surface area contributed by atoms with Crippen molar-refractivity contribution in [2.45, 2.75) is 6.04 Å². The fourth-order valence-electron chi connectivity index (χ4n) is 0.601. The van der Waals surface area contributed by atoms with Crippen molar-refractivity contribution in [3.05, 3.63) is 10.1 Å². The molecule has 0 saturated carbocycles. The van der Waals surface area contributed by atoms with Crippen molar-refractivity contribution in [2.24, 2.45) is 0 Å². The SMILES string of the molecule is O=[N+]([O-])C1CNNC1. The Hall–Kier alpha value is -0.680. The van der Waals surface area contributed by atoms with Gasteiger partial charge in [-0.15, -0.1) is 0 Å². The van der Waals surface area contributed by atoms with E-state index in [-0.39, 0.29) is 4.92 Å². The van der Waals surface area contributed by atoms with Crippen LogP contribution in [0.25, 0.3) is 0 Å². The third kappa shape index (κ3) is 0.932. The lowest BCUT2D eigenvalue weighted by Crippen LogP contribution is -2.24. The van der Waals surface area contributed by atoms with Gasteiger partial charge in [0, 0.05) is 4.92 Å². The summed E-state index contributed by atoms with van der Waals surface area (Å²) in [5, 5.41) is 9.93. The fourth-order valence-corrected chi connectivity index (χ4v) is 0.601. The van der Waals surface area contributed by atoms with E-state index in [9.17, 15) is 10.1 Å². The van der Waals surface area contributed by atoms with E-state index in [2.05, 4.69) is 10.9 Å². The lowest BCUT2D eigenvalue weighted by molar-refractivity contribution is -0.514. The highest BCUT2D eigenvalue weighted by molar-refractivity contribution is 4.66. The topological polar surface area (TPSA) is 67.2 Å². The summed E-state index contributed by atoms with van der Waals surface area (Å²) in [6.45, 7) is 0.875. The van der Waals surface area contributed by atoms with Gasteiger partial charge in [0.1, 0.15) is 0 Å². The monoisotopic (exact) mass is 117 g/mol. The van der Waals surface area contributed by atoms with Crippen LogP contribution in [0.3, 0.4) is 0 Å². The largest absolute Gasteiger partial charge is 0.264 e. The van der Waals surface area contributed by atoms with Gasteiger partial charge in [0.2, 0.25) is 6.04 Å². The maximum absolute atomic E-state index is 9.93. The first kappa shape index (κ1) is 5.46. The first-order valence-corrected chi connectivity index (χ1v) is 2.40. The van der Waals surface area contributed by atoms with Crippen LogP contribution in [0.1, 0.15) is 0 Å². The summed E-state index contributed by atoms with van der Waals surface area (Å²) in [7, 11) is 0. The normalized spacial score (nSPS) is 21.5. The molecule has 1 aliphatic heterocycles. The molecule has 0 aromatic heterocycles. The molecule has 1 fully saturated rings. The summed E-state index contributed by atoms with van der Waals surface area (Å²) in [5.41, 5.74) is 5.32. The molecular weight excluding hydrogens is 110 g/mol. The summed E-state index contributed by atoms with van der Waals surface area (Å²) >= 11 is 0. The molecule has 0 atom stereocenters. The molecule has 1 saturated heterocycles. The highest BCUT2D eigenvalue weighted by Crippen LogP contribution is 1.88. The second-order valence-electron chi connectivity index (χ2n) is 1.70. The van der Waals surface area contributed by atoms with Crippen LogP contribution in [0.5, 0.6) is 0 Å². The van der Waals surface area contributed by atoms with Crippen LogP contribution in [0, 0.1) is 10.1 Å². The molecule has 0 radical (unpaired) electrons. The van der Waals surface area contributed by atoms with Gasteiger partial charge in [-0.3, -0.25) is 21.0 Å². The summed E-state index contributed by atoms with van der Waals surface area (Å²) in [4.78, 5) is 9.64. The molecule has 0 unspecified atom stereocenters. The highest BCUT2D eigenvalue weighted by Gasteiger charge is 2.23. The Labute approximate surface area is 46.2 Å². The van der Waals surface area contributed by atoms with Crippen molar-refractivity contribution in [1.29, 1.82) is 0 Å². The van der Waals surface area contributed by atoms with Crippen molar-refractivity contribution in [3.63, 3.8) is 0 Å². The first-order chi connectivity index (χ1) is 3.80. The molecule has 46 valence electrons. The quantitative estimate of drug-likeness (QED) is 0.332. The number of nitro groups is 1. The van der Waals surface area contributed by atoms with Crippen LogP contribution >= 0.6 is 0 Å². The molecule has 1 aliphatic rings. The molecule has 5 nitrogen and oxygen atoms in total. The second kappa shape index (κ2) is 2.06. The van der Waals surface area contributed by atoms with E-state index in [0.29, 0.717) is 13.1 Å². The third-order valence-electron chi connectivity index (χ3n) is 1.10. The molecule has 0 aliphatic carbocycles. The summed E-state index contributed by atoms with van der Waals surface area (Å²) in [5.74, 6) is 0. The fraction of sp³-hybridized carbons (Fsp3) is 1.00. The van der Waals surface area contributed by atoms with Gasteiger partial charge in [0.05, 0.1) is 13.1 Å². The van der Waals surface area contributed by atoms with E-state index in [1.807, 2.05) is 0 Å². The maximum Gasteiger partial charge on any atom is 0.240 e. The lowest BCUT2D eigenvalue weighted by Gasteiger charge is -1.93. The number of hydrogen-bond acceptors (Lipinski definition) is 4. The van der Waals surface area contributed by atoms with E-state index < -0.39 is 6.04 Å². The standard InChI is InChI=1S/C3H7N3O2/c7-6(8)3-1-4-5-2-3/h3-5H,1-2H2. The number of hydrazine groups is 1. The second-order valence-corrected chi connectivity index (χ2v) is 1.70. The van der Waals surface area contributed by atoms with Gasteiger partial charge in [-0.05, 0) is 0 Å². The van der Waals surface area contributed by atoms with Gasteiger partial charge in [0.15, 0.2) is 0 Å². The highest BCUT2D eigenvalue weighted by atomic mass is 16.6. The van der Waals surface area contributed by atoms with E-state index in [0.717, 1.165) is 0 Å². The molecule has 0 spiro atoms. The molecule has 0 bridgehead atoms. The maximum atomic E-state index is 9.93. The molecule has 0 aromatic carbocycles. The van der Waals surface area contributed by atoms with Crippen molar-refractivity contribution in [3.8, 4) is 0 Å². The van der Waals surface area contributed by atoms with Crippen LogP contribution in [0.15, 0.2) is 0 Å². The zero-order valence-electron chi connectivity index (χ0n) is 4.26. The van der Waals surface area contributed by atoms with E-state index in [1.54, 1.807) is 0 Å². The van der Waals surface area contributed by atoms with E-state index in [1.165, 1.54) is 0 Å². The minimum absolute atomic E-state index is 0.285. The number of nitrogens with zero attached hydrogens (tertiary/aromatic N) is 1. The van der Waals surface area contributed by atoms with Crippen LogP contribution in [-0.4, -0.2) is 24.1 Å². The Morgan fingerprint density at radius 1 is 1.50 bits per heavy atom. The molecule has 1 heterocycles. The van der Waals surface area contributed by atoms with E-state index in [4.69, 9.17) is 0 Å². The molecule has 2 N–H and O–H groups in total. The third-order valence-corrected chi connectivity index (χ3v) is 1.10. The number of rotatable bonds is 1. The van der Waals surface area contributed by atoms with Crippen molar-refractivity contribution in [1.82, 2.24) is 10.9 Å². The van der Waals surface area contributed by atoms with Crippen molar-refractivity contribution < 1.29 is 4.92 Å². The summed E-state index contributed by atoms with van der Waals surface area (Å²) in [6, 6.07) is -0.435. The molecule has 5 heteroatoms. The van der Waals surface area contributed by atoms with Gasteiger partial charge in [-0.1, -0.05) is 0 Å². The smallest absolute Gasteiger partial charge is 0.240 e. The molecule has 8 heavy (non-hydrogen) atoms. The Balaban J connectivity index is 2.35. The van der Waals surface area contributed by atoms with Gasteiger partial charge in [0.25, 0.3) is 0 Å². The van der Waals surface area contributed by atoms with Crippen molar-refractivity contribution >= 4 is 0 Å². The minimum atomic E-state index is -0.435. The van der Waals surface area contributed by atoms with Crippen molar-refractivity contribution in [2.75, 3.05) is 13.1 Å². The first-order valence-electron chi connectivity index (χ1n) is 2.40. The zero-order chi connectivity index (χ0) is 5.98. The van der Waals surface area contributed by atoms with Gasteiger partial charge in [-0.25, -0.2) is 0 Å². The molecule has 1 rings (SSSR count). The average Bonchev–Trinajstić information content (AvgIpc) is 2.12.